The number of anilines is 1. The molecule has 0 aliphatic carbocycles. The molecule has 1 unspecified atom stereocenters. The zero-order valence-corrected chi connectivity index (χ0v) is 11.7. The highest BCUT2D eigenvalue weighted by Gasteiger charge is 2.21. The van der Waals surface area contributed by atoms with Crippen LogP contribution in [0.3, 0.4) is 0 Å². The number of nitrogens with one attached hydrogen (secondary N) is 1. The Kier molecular flexibility index (Phi) is 4.66. The van der Waals surface area contributed by atoms with Crippen LogP contribution < -0.4 is 4.72 Å². The molecule has 0 fully saturated rings. The minimum absolute atomic E-state index is 0.211. The molecular formula is C10H13Cl2NO3S. The van der Waals surface area contributed by atoms with Crippen LogP contribution in [0.25, 0.3) is 0 Å². The van der Waals surface area contributed by atoms with Gasteiger partial charge in [-0.25, -0.2) is 8.42 Å². The van der Waals surface area contributed by atoms with Gasteiger partial charge in [-0.05, 0) is 31.5 Å². The summed E-state index contributed by atoms with van der Waals surface area (Å²) in [6.07, 6.45) is 0. The molecule has 4 nitrogen and oxygen atoms in total. The Labute approximate surface area is 111 Å². The van der Waals surface area contributed by atoms with Crippen molar-refractivity contribution in [2.24, 2.45) is 0 Å². The third-order valence-electron chi connectivity index (χ3n) is 2.29. The van der Waals surface area contributed by atoms with E-state index < -0.39 is 21.9 Å². The van der Waals surface area contributed by atoms with Crippen molar-refractivity contribution < 1.29 is 13.5 Å². The van der Waals surface area contributed by atoms with Crippen LogP contribution in [-0.4, -0.2) is 25.4 Å². The van der Waals surface area contributed by atoms with Crippen molar-refractivity contribution in [2.45, 2.75) is 19.1 Å². The number of aliphatic hydroxyl groups excluding tert-OH is 1. The molecule has 1 aromatic rings. The highest BCUT2D eigenvalue weighted by Crippen LogP contribution is 2.29. The number of hydrogen-bond acceptors (Lipinski definition) is 3. The van der Waals surface area contributed by atoms with Gasteiger partial charge >= 0.3 is 0 Å². The summed E-state index contributed by atoms with van der Waals surface area (Å²) in [6.45, 7) is 2.70. The van der Waals surface area contributed by atoms with Crippen LogP contribution in [0, 0.1) is 6.92 Å². The molecule has 0 spiro atoms. The van der Waals surface area contributed by atoms with E-state index in [0.717, 1.165) is 5.56 Å². The molecule has 0 amide bonds. The maximum Gasteiger partial charge on any atom is 0.237 e. The monoisotopic (exact) mass is 297 g/mol. The Balaban J connectivity index is 3.08. The van der Waals surface area contributed by atoms with Gasteiger partial charge in [0.25, 0.3) is 0 Å². The molecule has 0 saturated carbocycles. The van der Waals surface area contributed by atoms with E-state index in [2.05, 4.69) is 4.72 Å². The Bertz CT molecular complexity index is 517. The van der Waals surface area contributed by atoms with Crippen LogP contribution >= 0.6 is 23.2 Å². The van der Waals surface area contributed by atoms with E-state index in [0.29, 0.717) is 5.02 Å². The smallest absolute Gasteiger partial charge is 0.237 e. The summed E-state index contributed by atoms with van der Waals surface area (Å²) in [4.78, 5) is 0. The predicted octanol–water partition coefficient (Wildman–Crippen LogP) is 2.42. The SMILES string of the molecule is Cc1cc(Cl)c(NS(=O)(=O)C(C)CO)cc1Cl. The molecule has 96 valence electrons. The summed E-state index contributed by atoms with van der Waals surface area (Å²) >= 11 is 11.8. The first-order valence-corrected chi connectivity index (χ1v) is 7.16. The summed E-state index contributed by atoms with van der Waals surface area (Å²) in [6, 6.07) is 3.02. The average molecular weight is 298 g/mol. The van der Waals surface area contributed by atoms with Crippen LogP contribution in [-0.2, 0) is 10.0 Å². The summed E-state index contributed by atoms with van der Waals surface area (Å²) in [5.74, 6) is 0. The van der Waals surface area contributed by atoms with E-state index in [1.807, 2.05) is 0 Å². The first kappa shape index (κ1) is 14.6. The maximum absolute atomic E-state index is 11.7. The molecule has 0 radical (unpaired) electrons. The third kappa shape index (κ3) is 3.48. The van der Waals surface area contributed by atoms with Gasteiger partial charge in [-0.1, -0.05) is 23.2 Å². The summed E-state index contributed by atoms with van der Waals surface area (Å²) in [7, 11) is -3.66. The molecular weight excluding hydrogens is 285 g/mol. The zero-order valence-electron chi connectivity index (χ0n) is 9.37. The minimum atomic E-state index is -3.66. The second-order valence-electron chi connectivity index (χ2n) is 3.72. The highest BCUT2D eigenvalue weighted by molar-refractivity contribution is 7.93. The average Bonchev–Trinajstić information content (AvgIpc) is 2.24. The number of benzene rings is 1. The Morgan fingerprint density at radius 3 is 2.47 bits per heavy atom. The Morgan fingerprint density at radius 2 is 1.94 bits per heavy atom. The largest absolute Gasteiger partial charge is 0.395 e. The first-order chi connectivity index (χ1) is 7.77. The van der Waals surface area contributed by atoms with E-state index in [4.69, 9.17) is 28.3 Å². The molecule has 1 aromatic carbocycles. The number of aryl methyl sites for hydroxylation is 1. The lowest BCUT2D eigenvalue weighted by Gasteiger charge is -2.14. The van der Waals surface area contributed by atoms with E-state index >= 15 is 0 Å². The summed E-state index contributed by atoms with van der Waals surface area (Å²) in [5.41, 5.74) is 0.970. The second-order valence-corrected chi connectivity index (χ2v) is 6.63. The zero-order chi connectivity index (χ0) is 13.2. The van der Waals surface area contributed by atoms with Crippen LogP contribution in [0.2, 0.25) is 10.0 Å². The summed E-state index contributed by atoms with van der Waals surface area (Å²) in [5, 5.41) is 8.60. The highest BCUT2D eigenvalue weighted by atomic mass is 35.5. The standard InChI is InChI=1S/C10H13Cl2NO3S/c1-6-3-9(12)10(4-8(6)11)13-17(15,16)7(2)5-14/h3-4,7,13-14H,5H2,1-2H3. The topological polar surface area (TPSA) is 66.4 Å². The van der Waals surface area contributed by atoms with Gasteiger partial charge in [-0.15, -0.1) is 0 Å². The molecule has 0 saturated heterocycles. The minimum Gasteiger partial charge on any atom is -0.395 e. The lowest BCUT2D eigenvalue weighted by molar-refractivity contribution is 0.296. The van der Waals surface area contributed by atoms with Crippen LogP contribution in [0.4, 0.5) is 5.69 Å². The Morgan fingerprint density at radius 1 is 1.35 bits per heavy atom. The van der Waals surface area contributed by atoms with Crippen LogP contribution in [0.1, 0.15) is 12.5 Å². The summed E-state index contributed by atoms with van der Waals surface area (Å²) < 4.78 is 25.7. The molecule has 0 heterocycles. The van der Waals surface area contributed by atoms with Gasteiger partial charge < -0.3 is 5.11 Å². The van der Waals surface area contributed by atoms with E-state index in [1.165, 1.54) is 13.0 Å². The van der Waals surface area contributed by atoms with Gasteiger partial charge in [0.05, 0.1) is 17.3 Å². The van der Waals surface area contributed by atoms with Crippen molar-refractivity contribution >= 4 is 38.9 Å². The quantitative estimate of drug-likeness (QED) is 0.897. The van der Waals surface area contributed by atoms with Crippen molar-refractivity contribution in [3.63, 3.8) is 0 Å². The number of aliphatic hydroxyl groups is 1. The molecule has 17 heavy (non-hydrogen) atoms. The van der Waals surface area contributed by atoms with Crippen molar-refractivity contribution in [3.8, 4) is 0 Å². The second kappa shape index (κ2) is 5.44. The van der Waals surface area contributed by atoms with Gasteiger partial charge in [-0.3, -0.25) is 4.72 Å². The normalized spacial score (nSPS) is 13.5. The third-order valence-corrected chi connectivity index (χ3v) is 4.72. The molecule has 0 bridgehead atoms. The fourth-order valence-electron chi connectivity index (χ4n) is 1.08. The van der Waals surface area contributed by atoms with Gasteiger partial charge in [0.1, 0.15) is 5.25 Å². The van der Waals surface area contributed by atoms with E-state index in [1.54, 1.807) is 13.0 Å². The lowest BCUT2D eigenvalue weighted by Crippen LogP contribution is -2.28. The molecule has 7 heteroatoms. The number of hydrogen-bond donors (Lipinski definition) is 2. The molecule has 1 atom stereocenters. The molecule has 2 N–H and O–H groups in total. The van der Waals surface area contributed by atoms with Gasteiger partial charge in [0.2, 0.25) is 10.0 Å². The molecule has 0 aliphatic rings. The number of rotatable bonds is 4. The molecule has 1 rings (SSSR count). The van der Waals surface area contributed by atoms with E-state index in [9.17, 15) is 8.42 Å². The van der Waals surface area contributed by atoms with E-state index in [-0.39, 0.29) is 10.7 Å². The van der Waals surface area contributed by atoms with Crippen LogP contribution in [0.5, 0.6) is 0 Å². The van der Waals surface area contributed by atoms with Gasteiger partial charge in [-0.2, -0.15) is 0 Å². The molecule has 0 aromatic heterocycles. The number of halogens is 2. The van der Waals surface area contributed by atoms with Crippen molar-refractivity contribution in [1.82, 2.24) is 0 Å². The Hall–Kier alpha value is -0.490. The van der Waals surface area contributed by atoms with Gasteiger partial charge in [0.15, 0.2) is 0 Å². The van der Waals surface area contributed by atoms with Gasteiger partial charge in [0, 0.05) is 5.02 Å². The van der Waals surface area contributed by atoms with Crippen molar-refractivity contribution in [3.05, 3.63) is 27.7 Å². The maximum atomic E-state index is 11.7. The van der Waals surface area contributed by atoms with Crippen molar-refractivity contribution in [2.75, 3.05) is 11.3 Å². The molecule has 0 aliphatic heterocycles. The number of sulfonamides is 1. The van der Waals surface area contributed by atoms with Crippen LogP contribution in [0.15, 0.2) is 12.1 Å². The fourth-order valence-corrected chi connectivity index (χ4v) is 2.43. The fraction of sp³-hybridized carbons (Fsp3) is 0.400. The van der Waals surface area contributed by atoms with Crippen molar-refractivity contribution in [1.29, 1.82) is 0 Å². The predicted molar refractivity (Wildman–Crippen MR) is 70.3 cm³/mol. The first-order valence-electron chi connectivity index (χ1n) is 4.86. The lowest BCUT2D eigenvalue weighted by atomic mass is 10.2.